The molecule has 4 rings (SSSR count). The van der Waals surface area contributed by atoms with Crippen LogP contribution in [0.3, 0.4) is 0 Å². The maximum Gasteiger partial charge on any atom is 0.266 e. The third-order valence-electron chi connectivity index (χ3n) is 5.16. The number of amides is 1. The van der Waals surface area contributed by atoms with Crippen molar-refractivity contribution < 1.29 is 18.7 Å². The molecule has 1 saturated heterocycles. The molecule has 0 unspecified atom stereocenters. The molecule has 0 spiro atoms. The van der Waals surface area contributed by atoms with Crippen LogP contribution in [0.1, 0.15) is 22.3 Å². The number of benzene rings is 3. The molecular formula is C26H21BrFNO3S2. The van der Waals surface area contributed by atoms with Crippen LogP contribution in [0.15, 0.2) is 70.0 Å². The standard InChI is InChI=1S/C26H21BrFNO3S2/c1-16-6-8-17(9-7-16)14-29-25(30)23(34-26(29)33)13-19-11-21(27)24(22(12-19)31-2)32-15-18-4-3-5-20(28)10-18/h3-13H,14-15H2,1-2H3/b23-13-. The normalized spacial score (nSPS) is 14.7. The Balaban J connectivity index is 1.53. The number of thiocarbonyl (C=S) groups is 1. The van der Waals surface area contributed by atoms with E-state index < -0.39 is 0 Å². The molecule has 3 aromatic carbocycles. The van der Waals surface area contributed by atoms with Gasteiger partial charge in [-0.05, 0) is 69.9 Å². The lowest BCUT2D eigenvalue weighted by atomic mass is 10.1. The number of hydrogen-bond acceptors (Lipinski definition) is 5. The number of halogens is 2. The maximum absolute atomic E-state index is 13.5. The highest BCUT2D eigenvalue weighted by atomic mass is 79.9. The van der Waals surface area contributed by atoms with Crippen LogP contribution in [0.4, 0.5) is 4.39 Å². The molecule has 3 aromatic rings. The van der Waals surface area contributed by atoms with Crippen LogP contribution in [-0.2, 0) is 17.9 Å². The van der Waals surface area contributed by atoms with Crippen molar-refractivity contribution in [2.75, 3.05) is 7.11 Å². The number of ether oxygens (including phenoxy) is 2. The molecule has 34 heavy (non-hydrogen) atoms. The van der Waals surface area contributed by atoms with Gasteiger partial charge >= 0.3 is 0 Å². The summed E-state index contributed by atoms with van der Waals surface area (Å²) in [7, 11) is 1.54. The second-order valence-electron chi connectivity index (χ2n) is 7.71. The summed E-state index contributed by atoms with van der Waals surface area (Å²) in [5, 5.41) is 0. The van der Waals surface area contributed by atoms with E-state index in [1.807, 2.05) is 37.3 Å². The fourth-order valence-corrected chi connectivity index (χ4v) is 5.24. The molecule has 0 aliphatic carbocycles. The second-order valence-corrected chi connectivity index (χ2v) is 10.2. The summed E-state index contributed by atoms with van der Waals surface area (Å²) in [6.45, 7) is 2.64. The summed E-state index contributed by atoms with van der Waals surface area (Å²) in [5.74, 6) is 0.544. The first-order valence-corrected chi connectivity index (χ1v) is 12.4. The molecule has 1 aliphatic heterocycles. The quantitative estimate of drug-likeness (QED) is 0.233. The van der Waals surface area contributed by atoms with E-state index in [9.17, 15) is 9.18 Å². The topological polar surface area (TPSA) is 38.8 Å². The second kappa shape index (κ2) is 10.7. The molecule has 0 atom stereocenters. The summed E-state index contributed by atoms with van der Waals surface area (Å²) in [6, 6.07) is 17.9. The number of carbonyl (C=O) groups is 1. The van der Waals surface area contributed by atoms with Crippen LogP contribution in [-0.4, -0.2) is 22.2 Å². The lowest BCUT2D eigenvalue weighted by molar-refractivity contribution is -0.122. The highest BCUT2D eigenvalue weighted by Crippen LogP contribution is 2.39. The number of methoxy groups -OCH3 is 1. The Hall–Kier alpha value is -2.68. The van der Waals surface area contributed by atoms with E-state index in [1.165, 1.54) is 23.9 Å². The van der Waals surface area contributed by atoms with Crippen molar-refractivity contribution in [1.82, 2.24) is 4.90 Å². The Morgan fingerprint density at radius 3 is 2.59 bits per heavy atom. The van der Waals surface area contributed by atoms with Crippen molar-refractivity contribution in [3.05, 3.63) is 98.1 Å². The number of hydrogen-bond donors (Lipinski definition) is 0. The number of rotatable bonds is 7. The number of nitrogens with zero attached hydrogens (tertiary/aromatic N) is 1. The average Bonchev–Trinajstić information content (AvgIpc) is 3.06. The van der Waals surface area contributed by atoms with Gasteiger partial charge in [-0.1, -0.05) is 65.9 Å². The van der Waals surface area contributed by atoms with Gasteiger partial charge in [-0.3, -0.25) is 9.69 Å². The Morgan fingerprint density at radius 2 is 1.88 bits per heavy atom. The number of carbonyl (C=O) groups excluding carboxylic acids is 1. The van der Waals surface area contributed by atoms with E-state index in [4.69, 9.17) is 21.7 Å². The first-order chi connectivity index (χ1) is 16.3. The fraction of sp³-hybridized carbons (Fsp3) is 0.154. The van der Waals surface area contributed by atoms with Crippen molar-refractivity contribution in [1.29, 1.82) is 0 Å². The molecule has 1 fully saturated rings. The summed E-state index contributed by atoms with van der Waals surface area (Å²) in [6.07, 6.45) is 1.79. The highest BCUT2D eigenvalue weighted by Gasteiger charge is 2.32. The van der Waals surface area contributed by atoms with Crippen LogP contribution >= 0.6 is 39.9 Å². The summed E-state index contributed by atoms with van der Waals surface area (Å²) in [4.78, 5) is 15.2. The van der Waals surface area contributed by atoms with Gasteiger partial charge in [0, 0.05) is 0 Å². The average molecular weight is 558 g/mol. The van der Waals surface area contributed by atoms with E-state index >= 15 is 0 Å². The predicted molar refractivity (Wildman–Crippen MR) is 141 cm³/mol. The minimum Gasteiger partial charge on any atom is -0.493 e. The van der Waals surface area contributed by atoms with E-state index in [0.29, 0.717) is 37.3 Å². The predicted octanol–water partition coefficient (Wildman–Crippen LogP) is 6.89. The molecular weight excluding hydrogens is 537 g/mol. The van der Waals surface area contributed by atoms with E-state index in [-0.39, 0.29) is 18.3 Å². The zero-order valence-corrected chi connectivity index (χ0v) is 21.7. The van der Waals surface area contributed by atoms with Crippen LogP contribution in [0.2, 0.25) is 0 Å². The molecule has 0 saturated carbocycles. The minimum absolute atomic E-state index is 0.128. The molecule has 1 amide bonds. The third-order valence-corrected chi connectivity index (χ3v) is 7.12. The minimum atomic E-state index is -0.317. The molecule has 0 N–H and O–H groups in total. The van der Waals surface area contributed by atoms with Gasteiger partial charge < -0.3 is 9.47 Å². The first kappa shape index (κ1) is 24.4. The maximum atomic E-state index is 13.5. The Kier molecular flexibility index (Phi) is 7.70. The van der Waals surface area contributed by atoms with Gasteiger partial charge in [0.15, 0.2) is 11.5 Å². The summed E-state index contributed by atoms with van der Waals surface area (Å²) >= 11 is 10.3. The molecule has 1 aliphatic rings. The van der Waals surface area contributed by atoms with Gasteiger partial charge in [0.25, 0.3) is 5.91 Å². The van der Waals surface area contributed by atoms with Crippen LogP contribution in [0.5, 0.6) is 11.5 Å². The Labute approximate surface area is 215 Å². The molecule has 0 radical (unpaired) electrons. The number of thioether (sulfide) groups is 1. The number of aryl methyl sites for hydroxylation is 1. The molecule has 174 valence electrons. The van der Waals surface area contributed by atoms with Crippen molar-refractivity contribution in [2.45, 2.75) is 20.1 Å². The van der Waals surface area contributed by atoms with Gasteiger partial charge in [0.05, 0.1) is 23.0 Å². The van der Waals surface area contributed by atoms with Gasteiger partial charge in [-0.15, -0.1) is 0 Å². The molecule has 4 nitrogen and oxygen atoms in total. The van der Waals surface area contributed by atoms with Crippen LogP contribution in [0, 0.1) is 12.7 Å². The van der Waals surface area contributed by atoms with Gasteiger partial charge in [-0.2, -0.15) is 0 Å². The van der Waals surface area contributed by atoms with Crippen LogP contribution in [0.25, 0.3) is 6.08 Å². The SMILES string of the molecule is COc1cc(/C=C2\SC(=S)N(Cc3ccc(C)cc3)C2=O)cc(Br)c1OCc1cccc(F)c1. The van der Waals surface area contributed by atoms with Gasteiger partial charge in [-0.25, -0.2) is 4.39 Å². The lowest BCUT2D eigenvalue weighted by Crippen LogP contribution is -2.27. The van der Waals surface area contributed by atoms with Gasteiger partial charge in [0.1, 0.15) is 16.7 Å². The van der Waals surface area contributed by atoms with E-state index in [1.54, 1.807) is 36.3 Å². The van der Waals surface area contributed by atoms with Crippen molar-refractivity contribution in [2.24, 2.45) is 0 Å². The van der Waals surface area contributed by atoms with E-state index in [2.05, 4.69) is 15.9 Å². The fourth-order valence-electron chi connectivity index (χ4n) is 3.41. The molecule has 8 heteroatoms. The van der Waals surface area contributed by atoms with Crippen molar-refractivity contribution in [3.63, 3.8) is 0 Å². The van der Waals surface area contributed by atoms with Gasteiger partial charge in [0.2, 0.25) is 0 Å². The molecule has 0 bridgehead atoms. The first-order valence-electron chi connectivity index (χ1n) is 10.4. The largest absolute Gasteiger partial charge is 0.493 e. The Morgan fingerprint density at radius 1 is 1.12 bits per heavy atom. The monoisotopic (exact) mass is 557 g/mol. The molecule has 1 heterocycles. The summed E-state index contributed by atoms with van der Waals surface area (Å²) < 4.78 is 26.0. The van der Waals surface area contributed by atoms with Crippen molar-refractivity contribution in [3.8, 4) is 11.5 Å². The van der Waals surface area contributed by atoms with E-state index in [0.717, 1.165) is 16.7 Å². The van der Waals surface area contributed by atoms with Crippen LogP contribution < -0.4 is 9.47 Å². The molecule has 0 aromatic heterocycles. The zero-order chi connectivity index (χ0) is 24.2. The Bertz CT molecular complexity index is 1280. The lowest BCUT2D eigenvalue weighted by Gasteiger charge is -2.15. The van der Waals surface area contributed by atoms with Crippen molar-refractivity contribution >= 4 is 56.2 Å². The smallest absolute Gasteiger partial charge is 0.266 e. The summed E-state index contributed by atoms with van der Waals surface area (Å²) in [5.41, 5.74) is 3.65. The third kappa shape index (κ3) is 5.68. The highest BCUT2D eigenvalue weighted by molar-refractivity contribution is 9.10. The zero-order valence-electron chi connectivity index (χ0n) is 18.5.